The van der Waals surface area contributed by atoms with Crippen LogP contribution in [0.1, 0.15) is 44.7 Å². The van der Waals surface area contributed by atoms with E-state index in [-0.39, 0.29) is 18.4 Å². The van der Waals surface area contributed by atoms with Crippen molar-refractivity contribution in [2.45, 2.75) is 45.7 Å². The van der Waals surface area contributed by atoms with Crippen molar-refractivity contribution in [3.63, 3.8) is 0 Å². The van der Waals surface area contributed by atoms with Gasteiger partial charge in [0.25, 0.3) is 0 Å². The third kappa shape index (κ3) is 4.63. The second kappa shape index (κ2) is 9.25. The Labute approximate surface area is 167 Å². The number of carbonyl (C=O) groups excluding carboxylic acids is 1. The topological polar surface area (TPSA) is 38.8 Å². The predicted molar refractivity (Wildman–Crippen MR) is 110 cm³/mol. The Bertz CT molecular complexity index is 722. The number of carbonyl (C=O) groups is 1. The lowest BCUT2D eigenvalue weighted by Gasteiger charge is -2.31. The number of fused-ring (bicyclic) bond motifs is 2. The first kappa shape index (κ1) is 21.3. The van der Waals surface area contributed by atoms with Crippen molar-refractivity contribution in [2.75, 3.05) is 13.2 Å². The van der Waals surface area contributed by atoms with Gasteiger partial charge in [-0.05, 0) is 39.8 Å². The van der Waals surface area contributed by atoms with E-state index in [1.807, 2.05) is 48.5 Å². The summed E-state index contributed by atoms with van der Waals surface area (Å²) in [6.07, 6.45) is 0. The van der Waals surface area contributed by atoms with Gasteiger partial charge in [-0.3, -0.25) is 9.69 Å². The lowest BCUT2D eigenvalue weighted by molar-refractivity contribution is -0.145. The second-order valence-corrected chi connectivity index (χ2v) is 7.20. The van der Waals surface area contributed by atoms with E-state index >= 15 is 0 Å². The second-order valence-electron chi connectivity index (χ2n) is 7.20. The summed E-state index contributed by atoms with van der Waals surface area (Å²) in [5.74, 6) is 0.779. The molecule has 0 aliphatic carbocycles. The van der Waals surface area contributed by atoms with Crippen LogP contribution in [0, 0.1) is 0 Å². The first-order valence-corrected chi connectivity index (χ1v) is 9.27. The summed E-state index contributed by atoms with van der Waals surface area (Å²) in [6, 6.07) is 16.2. The molecule has 0 saturated heterocycles. The Morgan fingerprint density at radius 1 is 0.963 bits per heavy atom. The lowest BCUT2D eigenvalue weighted by atomic mass is 9.88. The van der Waals surface area contributed by atoms with E-state index in [1.54, 1.807) is 0 Å². The molecule has 27 heavy (non-hydrogen) atoms. The zero-order chi connectivity index (χ0) is 18.7. The van der Waals surface area contributed by atoms with Crippen LogP contribution in [0.15, 0.2) is 48.5 Å². The molecule has 1 aliphatic rings. The zero-order valence-electron chi connectivity index (χ0n) is 16.3. The maximum atomic E-state index is 12.9. The average molecular weight is 390 g/mol. The van der Waals surface area contributed by atoms with Crippen LogP contribution in [0.25, 0.3) is 0 Å². The van der Waals surface area contributed by atoms with Gasteiger partial charge in [-0.1, -0.05) is 36.4 Å². The number of ether oxygens (including phenoxy) is 2. The highest BCUT2D eigenvalue weighted by Gasteiger charge is 2.33. The number of para-hydroxylation sites is 2. The molecule has 0 radical (unpaired) electrons. The van der Waals surface area contributed by atoms with Crippen molar-refractivity contribution < 1.29 is 14.3 Å². The Morgan fingerprint density at radius 3 is 1.93 bits per heavy atom. The number of halogens is 1. The number of hydrogen-bond donors (Lipinski definition) is 0. The van der Waals surface area contributed by atoms with Crippen molar-refractivity contribution in [2.24, 2.45) is 0 Å². The van der Waals surface area contributed by atoms with Gasteiger partial charge in [0, 0.05) is 29.8 Å². The molecular weight excluding hydrogens is 362 g/mol. The standard InChI is InChI=1S/C22H27NO3.ClH/c1-15(2)23(16(3)4)13-14-25-22(24)21-17-9-5-7-11-19(17)26-20-12-8-6-10-18(20)21;/h5-12,15-16,21H,13-14H2,1-4H3;1H. The number of hydrogen-bond acceptors (Lipinski definition) is 4. The summed E-state index contributed by atoms with van der Waals surface area (Å²) >= 11 is 0. The van der Waals surface area contributed by atoms with Gasteiger partial charge in [0.1, 0.15) is 24.0 Å². The fourth-order valence-electron chi connectivity index (χ4n) is 3.61. The average Bonchev–Trinajstić information content (AvgIpc) is 2.62. The Hall–Kier alpha value is -2.04. The van der Waals surface area contributed by atoms with Crippen LogP contribution in [-0.2, 0) is 9.53 Å². The molecule has 4 nitrogen and oxygen atoms in total. The minimum absolute atomic E-state index is 0. The summed E-state index contributed by atoms with van der Waals surface area (Å²) in [5, 5.41) is 0. The third-order valence-electron chi connectivity index (χ3n) is 4.84. The molecule has 0 fully saturated rings. The summed E-state index contributed by atoms with van der Waals surface area (Å²) in [4.78, 5) is 15.3. The van der Waals surface area contributed by atoms with Crippen molar-refractivity contribution in [3.05, 3.63) is 59.7 Å². The van der Waals surface area contributed by atoms with Crippen LogP contribution in [-0.4, -0.2) is 36.1 Å². The molecule has 3 rings (SSSR count). The van der Waals surface area contributed by atoms with Gasteiger partial charge in [0.2, 0.25) is 0 Å². The highest BCUT2D eigenvalue weighted by molar-refractivity contribution is 5.85. The van der Waals surface area contributed by atoms with E-state index < -0.39 is 5.92 Å². The predicted octanol–water partition coefficient (Wildman–Crippen LogP) is 5.01. The largest absolute Gasteiger partial charge is 0.464 e. The molecule has 1 heterocycles. The SMILES string of the molecule is CC(C)N(CCOC(=O)C1c2ccccc2Oc2ccccc21)C(C)C.Cl. The molecule has 146 valence electrons. The molecule has 0 atom stereocenters. The fraction of sp³-hybridized carbons (Fsp3) is 0.409. The lowest BCUT2D eigenvalue weighted by Crippen LogP contribution is -2.39. The summed E-state index contributed by atoms with van der Waals surface area (Å²) < 4.78 is 11.6. The van der Waals surface area contributed by atoms with Crippen LogP contribution in [0.4, 0.5) is 0 Å². The highest BCUT2D eigenvalue weighted by Crippen LogP contribution is 2.44. The Balaban J connectivity index is 0.00000261. The molecule has 0 unspecified atom stereocenters. The monoisotopic (exact) mass is 389 g/mol. The van der Waals surface area contributed by atoms with Gasteiger partial charge in [-0.15, -0.1) is 12.4 Å². The van der Waals surface area contributed by atoms with E-state index in [1.165, 1.54) is 0 Å². The van der Waals surface area contributed by atoms with Gasteiger partial charge >= 0.3 is 5.97 Å². The van der Waals surface area contributed by atoms with E-state index in [4.69, 9.17) is 9.47 Å². The minimum Gasteiger partial charge on any atom is -0.464 e. The van der Waals surface area contributed by atoms with Crippen molar-refractivity contribution in [3.8, 4) is 11.5 Å². The number of esters is 1. The molecule has 0 bridgehead atoms. The van der Waals surface area contributed by atoms with Crippen LogP contribution >= 0.6 is 12.4 Å². The molecule has 0 amide bonds. The van der Waals surface area contributed by atoms with Gasteiger partial charge in [0.15, 0.2) is 0 Å². The molecule has 2 aromatic carbocycles. The number of nitrogens with zero attached hydrogens (tertiary/aromatic N) is 1. The Kier molecular flexibility index (Phi) is 7.28. The zero-order valence-corrected chi connectivity index (χ0v) is 17.2. The Morgan fingerprint density at radius 2 is 1.44 bits per heavy atom. The number of rotatable bonds is 6. The highest BCUT2D eigenvalue weighted by atomic mass is 35.5. The van der Waals surface area contributed by atoms with E-state index in [2.05, 4.69) is 32.6 Å². The maximum Gasteiger partial charge on any atom is 0.318 e. The number of benzene rings is 2. The van der Waals surface area contributed by atoms with Gasteiger partial charge in [-0.2, -0.15) is 0 Å². The van der Waals surface area contributed by atoms with Gasteiger partial charge < -0.3 is 9.47 Å². The van der Waals surface area contributed by atoms with Crippen molar-refractivity contribution in [1.29, 1.82) is 0 Å². The minimum atomic E-state index is -0.442. The fourth-order valence-corrected chi connectivity index (χ4v) is 3.61. The van der Waals surface area contributed by atoms with E-state index in [9.17, 15) is 4.79 Å². The molecule has 1 aliphatic heterocycles. The smallest absolute Gasteiger partial charge is 0.318 e. The maximum absolute atomic E-state index is 12.9. The van der Waals surface area contributed by atoms with Crippen molar-refractivity contribution in [1.82, 2.24) is 4.90 Å². The molecule has 0 N–H and O–H groups in total. The normalized spacial score (nSPS) is 13.0. The van der Waals surface area contributed by atoms with Gasteiger partial charge in [-0.25, -0.2) is 0 Å². The van der Waals surface area contributed by atoms with Crippen LogP contribution in [0.2, 0.25) is 0 Å². The van der Waals surface area contributed by atoms with Crippen LogP contribution in [0.5, 0.6) is 11.5 Å². The molecule has 0 saturated carbocycles. The third-order valence-corrected chi connectivity index (χ3v) is 4.84. The van der Waals surface area contributed by atoms with Crippen LogP contribution < -0.4 is 4.74 Å². The molecular formula is C22H28ClNO3. The first-order chi connectivity index (χ1) is 12.5. The molecule has 0 spiro atoms. The quantitative estimate of drug-likeness (QED) is 0.651. The molecule has 5 heteroatoms. The summed E-state index contributed by atoms with van der Waals surface area (Å²) in [5.41, 5.74) is 1.72. The van der Waals surface area contributed by atoms with Crippen LogP contribution in [0.3, 0.4) is 0 Å². The summed E-state index contributed by atoms with van der Waals surface area (Å²) in [6.45, 7) is 9.75. The van der Waals surface area contributed by atoms with Crippen molar-refractivity contribution >= 4 is 18.4 Å². The van der Waals surface area contributed by atoms with E-state index in [0.29, 0.717) is 18.7 Å². The van der Waals surface area contributed by atoms with E-state index in [0.717, 1.165) is 29.2 Å². The molecule has 0 aromatic heterocycles. The van der Waals surface area contributed by atoms with Gasteiger partial charge in [0.05, 0.1) is 0 Å². The summed E-state index contributed by atoms with van der Waals surface area (Å²) in [7, 11) is 0. The molecule has 2 aromatic rings. The first-order valence-electron chi connectivity index (χ1n) is 9.27.